The van der Waals surface area contributed by atoms with Gasteiger partial charge in [0.2, 0.25) is 5.78 Å². The number of hydrogen-bond donors (Lipinski definition) is 1. The summed E-state index contributed by atoms with van der Waals surface area (Å²) in [6.07, 6.45) is -0.0670. The standard InChI is InChI=1S/C4H5NO3/c5-4(8)3(7)1-2-6/h2H,1H2,(H2,5,8). The van der Waals surface area contributed by atoms with E-state index in [4.69, 9.17) is 0 Å². The highest BCUT2D eigenvalue weighted by atomic mass is 16.2. The number of hydrogen-bond acceptors (Lipinski definition) is 3. The minimum Gasteiger partial charge on any atom is -0.363 e. The normalized spacial score (nSPS) is 8.00. The van der Waals surface area contributed by atoms with E-state index in [1.54, 1.807) is 0 Å². The highest BCUT2D eigenvalue weighted by Gasteiger charge is 2.05. The van der Waals surface area contributed by atoms with Gasteiger partial charge in [-0.05, 0) is 0 Å². The Morgan fingerprint density at radius 1 is 1.50 bits per heavy atom. The molecule has 1 amide bonds. The maximum atomic E-state index is 10.0. The van der Waals surface area contributed by atoms with E-state index in [9.17, 15) is 14.4 Å². The molecule has 0 radical (unpaired) electrons. The van der Waals surface area contributed by atoms with Crippen LogP contribution in [0.4, 0.5) is 0 Å². The van der Waals surface area contributed by atoms with Crippen LogP contribution in [-0.4, -0.2) is 18.0 Å². The molecular weight excluding hydrogens is 110 g/mol. The minimum atomic E-state index is -1.06. The van der Waals surface area contributed by atoms with Crippen molar-refractivity contribution in [3.8, 4) is 0 Å². The van der Waals surface area contributed by atoms with Crippen molar-refractivity contribution < 1.29 is 14.4 Å². The molecule has 0 aromatic heterocycles. The summed E-state index contributed by atoms with van der Waals surface area (Å²) >= 11 is 0. The van der Waals surface area contributed by atoms with Gasteiger partial charge in [0.15, 0.2) is 0 Å². The summed E-state index contributed by atoms with van der Waals surface area (Å²) < 4.78 is 0. The largest absolute Gasteiger partial charge is 0.363 e. The molecule has 0 aromatic rings. The Kier molecular flexibility index (Phi) is 2.47. The van der Waals surface area contributed by atoms with Crippen molar-refractivity contribution in [1.82, 2.24) is 0 Å². The lowest BCUT2D eigenvalue weighted by Gasteiger charge is -1.81. The third-order valence-electron chi connectivity index (χ3n) is 0.544. The fraction of sp³-hybridized carbons (Fsp3) is 0.250. The number of amides is 1. The molecule has 0 atom stereocenters. The quantitative estimate of drug-likeness (QED) is 0.280. The van der Waals surface area contributed by atoms with E-state index in [2.05, 4.69) is 5.73 Å². The highest BCUT2D eigenvalue weighted by molar-refractivity contribution is 6.37. The monoisotopic (exact) mass is 115 g/mol. The zero-order valence-electron chi connectivity index (χ0n) is 4.09. The number of carbonyl (C=O) groups excluding carboxylic acids is 3. The Bertz CT molecular complexity index is 129. The second kappa shape index (κ2) is 2.90. The lowest BCUT2D eigenvalue weighted by atomic mass is 10.3. The van der Waals surface area contributed by atoms with Crippen molar-refractivity contribution >= 4 is 18.0 Å². The Labute approximate surface area is 45.7 Å². The number of carbonyl (C=O) groups is 3. The van der Waals surface area contributed by atoms with Crippen LogP contribution in [0.3, 0.4) is 0 Å². The maximum Gasteiger partial charge on any atom is 0.285 e. The first-order chi connectivity index (χ1) is 3.68. The first-order valence-electron chi connectivity index (χ1n) is 1.94. The number of nitrogens with two attached hydrogens (primary N) is 1. The highest BCUT2D eigenvalue weighted by Crippen LogP contribution is 1.72. The van der Waals surface area contributed by atoms with Crippen molar-refractivity contribution in [3.63, 3.8) is 0 Å². The van der Waals surface area contributed by atoms with Gasteiger partial charge in [-0.1, -0.05) is 0 Å². The van der Waals surface area contributed by atoms with E-state index in [1.807, 2.05) is 0 Å². The molecule has 0 aliphatic rings. The molecule has 4 heteroatoms. The second-order valence-corrected chi connectivity index (χ2v) is 1.16. The van der Waals surface area contributed by atoms with Gasteiger partial charge in [0.05, 0.1) is 6.42 Å². The van der Waals surface area contributed by atoms with Gasteiger partial charge in [-0.15, -0.1) is 0 Å². The van der Waals surface area contributed by atoms with Gasteiger partial charge >= 0.3 is 0 Å². The van der Waals surface area contributed by atoms with Crippen LogP contribution >= 0.6 is 0 Å². The zero-order chi connectivity index (χ0) is 6.57. The fourth-order valence-electron chi connectivity index (χ4n) is 0.176. The van der Waals surface area contributed by atoms with Crippen molar-refractivity contribution in [2.24, 2.45) is 5.73 Å². The summed E-state index contributed by atoms with van der Waals surface area (Å²) in [5.41, 5.74) is 4.47. The Morgan fingerprint density at radius 3 is 2.12 bits per heavy atom. The molecule has 44 valence electrons. The summed E-state index contributed by atoms with van der Waals surface area (Å²) in [6, 6.07) is 0. The van der Waals surface area contributed by atoms with Crippen molar-refractivity contribution in [3.05, 3.63) is 0 Å². The molecule has 2 N–H and O–H groups in total. The van der Waals surface area contributed by atoms with Crippen molar-refractivity contribution in [1.29, 1.82) is 0 Å². The third-order valence-corrected chi connectivity index (χ3v) is 0.544. The van der Waals surface area contributed by atoms with Crippen molar-refractivity contribution in [2.75, 3.05) is 0 Å². The van der Waals surface area contributed by atoms with E-state index in [0.29, 0.717) is 6.29 Å². The van der Waals surface area contributed by atoms with Gasteiger partial charge in [-0.25, -0.2) is 0 Å². The molecule has 0 aliphatic carbocycles. The van der Waals surface area contributed by atoms with Crippen LogP contribution in [-0.2, 0) is 14.4 Å². The molecule has 0 saturated heterocycles. The number of Topliss-reactive ketones (excluding diaryl/α,β-unsaturated/α-hetero) is 1. The third kappa shape index (κ3) is 2.07. The summed E-state index contributed by atoms with van der Waals surface area (Å²) in [5, 5.41) is 0. The Morgan fingerprint density at radius 2 is 2.00 bits per heavy atom. The topological polar surface area (TPSA) is 77.2 Å². The van der Waals surface area contributed by atoms with E-state index >= 15 is 0 Å². The summed E-state index contributed by atoms with van der Waals surface area (Å²) in [7, 11) is 0. The van der Waals surface area contributed by atoms with E-state index in [1.165, 1.54) is 0 Å². The molecule has 0 bridgehead atoms. The molecule has 0 aromatic carbocycles. The number of rotatable bonds is 3. The average Bonchev–Trinajstić information content (AvgIpc) is 1.67. The van der Waals surface area contributed by atoms with Gasteiger partial charge in [0.25, 0.3) is 5.91 Å². The smallest absolute Gasteiger partial charge is 0.285 e. The molecule has 0 saturated carbocycles. The number of primary amides is 1. The van der Waals surface area contributed by atoms with Crippen LogP contribution in [0.25, 0.3) is 0 Å². The first kappa shape index (κ1) is 6.81. The van der Waals surface area contributed by atoms with Crippen molar-refractivity contribution in [2.45, 2.75) is 6.42 Å². The van der Waals surface area contributed by atoms with Gasteiger partial charge in [0, 0.05) is 0 Å². The van der Waals surface area contributed by atoms with E-state index < -0.39 is 18.1 Å². The SMILES string of the molecule is NC(=O)C(=O)CC=O. The predicted octanol–water partition coefficient (Wildman–Crippen LogP) is -1.37. The van der Waals surface area contributed by atoms with Gasteiger partial charge < -0.3 is 10.5 Å². The molecular formula is C4H5NO3. The molecule has 0 fully saturated rings. The summed E-state index contributed by atoms with van der Waals surface area (Å²) in [4.78, 5) is 29.3. The van der Waals surface area contributed by atoms with Gasteiger partial charge in [-0.3, -0.25) is 9.59 Å². The molecule has 0 spiro atoms. The summed E-state index contributed by atoms with van der Waals surface area (Å²) in [5.74, 6) is -1.91. The fourth-order valence-corrected chi connectivity index (χ4v) is 0.176. The number of ketones is 1. The van der Waals surface area contributed by atoms with Gasteiger partial charge in [0.1, 0.15) is 6.29 Å². The minimum absolute atomic E-state index is 0.340. The van der Waals surface area contributed by atoms with E-state index in [0.717, 1.165) is 0 Å². The van der Waals surface area contributed by atoms with Crippen LogP contribution < -0.4 is 5.73 Å². The maximum absolute atomic E-state index is 10.0. The van der Waals surface area contributed by atoms with Crippen LogP contribution in [0.15, 0.2) is 0 Å². The molecule has 0 rings (SSSR count). The summed E-state index contributed by atoms with van der Waals surface area (Å²) in [6.45, 7) is 0. The molecule has 0 unspecified atom stereocenters. The van der Waals surface area contributed by atoms with Gasteiger partial charge in [-0.2, -0.15) is 0 Å². The predicted molar refractivity (Wildman–Crippen MR) is 24.9 cm³/mol. The zero-order valence-corrected chi connectivity index (χ0v) is 4.09. The van der Waals surface area contributed by atoms with E-state index in [-0.39, 0.29) is 0 Å². The lowest BCUT2D eigenvalue weighted by Crippen LogP contribution is -2.22. The second-order valence-electron chi connectivity index (χ2n) is 1.16. The lowest BCUT2D eigenvalue weighted by molar-refractivity contribution is -0.136. The Hall–Kier alpha value is -1.19. The molecule has 0 heterocycles. The van der Waals surface area contributed by atoms with Crippen LogP contribution in [0.1, 0.15) is 6.42 Å². The molecule has 4 nitrogen and oxygen atoms in total. The van der Waals surface area contributed by atoms with Crippen LogP contribution in [0.2, 0.25) is 0 Å². The number of aldehydes is 1. The Balaban J connectivity index is 3.65. The first-order valence-corrected chi connectivity index (χ1v) is 1.94. The average molecular weight is 115 g/mol. The van der Waals surface area contributed by atoms with Crippen LogP contribution in [0.5, 0.6) is 0 Å². The molecule has 8 heavy (non-hydrogen) atoms. The molecule has 0 aliphatic heterocycles. The van der Waals surface area contributed by atoms with Crippen LogP contribution in [0, 0.1) is 0 Å².